The summed E-state index contributed by atoms with van der Waals surface area (Å²) in [5, 5.41) is 3.53. The molecule has 112 valence electrons. The lowest BCUT2D eigenvalue weighted by Gasteiger charge is -2.27. The molecule has 1 saturated carbocycles. The molecular weight excluding hydrogens is 248 g/mol. The van der Waals surface area contributed by atoms with Crippen LogP contribution in [-0.4, -0.2) is 23.5 Å². The molecule has 20 heavy (non-hydrogen) atoms. The maximum Gasteiger partial charge on any atom is 0.118 e. The molecule has 1 aromatic rings. The molecule has 2 aliphatic rings. The summed E-state index contributed by atoms with van der Waals surface area (Å²) in [6.07, 6.45) is 5.35. The predicted molar refractivity (Wildman–Crippen MR) is 81.6 cm³/mol. The molecule has 0 amide bonds. The maximum absolute atomic E-state index is 5.91. The zero-order chi connectivity index (χ0) is 14.1. The van der Waals surface area contributed by atoms with Crippen molar-refractivity contribution in [3.8, 4) is 0 Å². The lowest BCUT2D eigenvalue weighted by Crippen LogP contribution is -2.32. The van der Waals surface area contributed by atoms with Crippen LogP contribution in [0.1, 0.15) is 56.6 Å². The number of nitrogens with zero attached hydrogens (tertiary/aromatic N) is 1. The Kier molecular flexibility index (Phi) is 4.18. The van der Waals surface area contributed by atoms with Crippen molar-refractivity contribution < 1.29 is 4.42 Å². The molecule has 0 aromatic carbocycles. The van der Waals surface area contributed by atoms with Gasteiger partial charge < -0.3 is 9.73 Å². The molecule has 1 atom stereocenters. The molecule has 0 radical (unpaired) electrons. The lowest BCUT2D eigenvalue weighted by atomic mass is 10.0. The van der Waals surface area contributed by atoms with Gasteiger partial charge in [0.25, 0.3) is 0 Å². The Bertz CT molecular complexity index is 448. The molecule has 1 aliphatic carbocycles. The Labute approximate surface area is 122 Å². The number of likely N-dealkylation sites (tertiary alicyclic amines) is 1. The smallest absolute Gasteiger partial charge is 0.118 e. The van der Waals surface area contributed by atoms with Crippen LogP contribution in [0.2, 0.25) is 0 Å². The van der Waals surface area contributed by atoms with Gasteiger partial charge in [0.15, 0.2) is 0 Å². The van der Waals surface area contributed by atoms with E-state index < -0.39 is 0 Å². The summed E-state index contributed by atoms with van der Waals surface area (Å²) in [4.78, 5) is 2.64. The van der Waals surface area contributed by atoms with Gasteiger partial charge in [-0.1, -0.05) is 13.8 Å². The van der Waals surface area contributed by atoms with Crippen molar-refractivity contribution >= 4 is 0 Å². The second-order valence-corrected chi connectivity index (χ2v) is 6.87. The minimum Gasteiger partial charge on any atom is -0.465 e. The monoisotopic (exact) mass is 276 g/mol. The molecule has 3 nitrogen and oxygen atoms in total. The predicted octanol–water partition coefficient (Wildman–Crippen LogP) is 3.46. The van der Waals surface area contributed by atoms with E-state index in [4.69, 9.17) is 4.42 Å². The van der Waals surface area contributed by atoms with Gasteiger partial charge in [-0.25, -0.2) is 0 Å². The van der Waals surface area contributed by atoms with Gasteiger partial charge in [-0.2, -0.15) is 0 Å². The van der Waals surface area contributed by atoms with Crippen LogP contribution in [0.15, 0.2) is 10.5 Å². The SMILES string of the molecule is Cc1oc(CNC2CC2)cc1CN1CCCC1C(C)C. The number of hydrogen-bond acceptors (Lipinski definition) is 3. The van der Waals surface area contributed by atoms with Gasteiger partial charge in [0.05, 0.1) is 6.54 Å². The standard InChI is InChI=1S/C17H28N2O/c1-12(2)17-5-4-8-19(17)11-14-9-16(20-13(14)3)10-18-15-6-7-15/h9,12,15,17-18H,4-8,10-11H2,1-3H3. The Balaban J connectivity index is 1.61. The number of aryl methyl sites for hydroxylation is 1. The second-order valence-electron chi connectivity index (χ2n) is 6.87. The fourth-order valence-corrected chi connectivity index (χ4v) is 3.39. The van der Waals surface area contributed by atoms with Gasteiger partial charge in [0.2, 0.25) is 0 Å². The first-order valence-electron chi connectivity index (χ1n) is 8.19. The summed E-state index contributed by atoms with van der Waals surface area (Å²) in [7, 11) is 0. The molecule has 0 bridgehead atoms. The Morgan fingerprint density at radius 2 is 2.15 bits per heavy atom. The molecule has 0 spiro atoms. The lowest BCUT2D eigenvalue weighted by molar-refractivity contribution is 0.198. The van der Waals surface area contributed by atoms with Crippen LogP contribution in [0, 0.1) is 12.8 Å². The van der Waals surface area contributed by atoms with Crippen molar-refractivity contribution in [3.63, 3.8) is 0 Å². The Hall–Kier alpha value is -0.800. The van der Waals surface area contributed by atoms with Crippen LogP contribution in [0.3, 0.4) is 0 Å². The van der Waals surface area contributed by atoms with Crippen LogP contribution in [-0.2, 0) is 13.1 Å². The van der Waals surface area contributed by atoms with Gasteiger partial charge in [-0.15, -0.1) is 0 Å². The highest BCUT2D eigenvalue weighted by molar-refractivity contribution is 5.21. The first kappa shape index (κ1) is 14.2. The third-order valence-electron chi connectivity index (χ3n) is 4.77. The van der Waals surface area contributed by atoms with Gasteiger partial charge in [-0.3, -0.25) is 4.90 Å². The highest BCUT2D eigenvalue weighted by Gasteiger charge is 2.28. The average molecular weight is 276 g/mol. The van der Waals surface area contributed by atoms with E-state index in [0.717, 1.165) is 42.6 Å². The summed E-state index contributed by atoms with van der Waals surface area (Å²) in [6, 6.07) is 3.76. The van der Waals surface area contributed by atoms with E-state index in [9.17, 15) is 0 Å². The Morgan fingerprint density at radius 3 is 2.85 bits per heavy atom. The first-order chi connectivity index (χ1) is 9.63. The largest absolute Gasteiger partial charge is 0.465 e. The minimum atomic E-state index is 0.743. The summed E-state index contributed by atoms with van der Waals surface area (Å²) >= 11 is 0. The van der Waals surface area contributed by atoms with Crippen LogP contribution >= 0.6 is 0 Å². The fourth-order valence-electron chi connectivity index (χ4n) is 3.39. The van der Waals surface area contributed by atoms with Crippen molar-refractivity contribution in [2.75, 3.05) is 6.54 Å². The fraction of sp³-hybridized carbons (Fsp3) is 0.765. The molecule has 2 fully saturated rings. The average Bonchev–Trinajstić information content (AvgIpc) is 3.01. The maximum atomic E-state index is 5.91. The second kappa shape index (κ2) is 5.90. The van der Waals surface area contributed by atoms with Gasteiger partial charge in [-0.05, 0) is 51.1 Å². The topological polar surface area (TPSA) is 28.4 Å². The Morgan fingerprint density at radius 1 is 1.35 bits per heavy atom. The van der Waals surface area contributed by atoms with Gasteiger partial charge in [0, 0.05) is 24.2 Å². The van der Waals surface area contributed by atoms with E-state index in [1.165, 1.54) is 37.8 Å². The summed E-state index contributed by atoms with van der Waals surface area (Å²) in [5.41, 5.74) is 1.38. The summed E-state index contributed by atoms with van der Waals surface area (Å²) in [6.45, 7) is 9.98. The highest BCUT2D eigenvalue weighted by atomic mass is 16.3. The van der Waals surface area contributed by atoms with E-state index >= 15 is 0 Å². The van der Waals surface area contributed by atoms with E-state index in [1.54, 1.807) is 0 Å². The molecule has 1 saturated heterocycles. The van der Waals surface area contributed by atoms with Crippen LogP contribution in [0.5, 0.6) is 0 Å². The number of rotatable bonds is 6. The van der Waals surface area contributed by atoms with Crippen molar-refractivity contribution in [2.24, 2.45) is 5.92 Å². The third kappa shape index (κ3) is 3.26. The normalized spacial score (nSPS) is 23.9. The van der Waals surface area contributed by atoms with Gasteiger partial charge >= 0.3 is 0 Å². The van der Waals surface area contributed by atoms with Crippen molar-refractivity contribution in [1.82, 2.24) is 10.2 Å². The quantitative estimate of drug-likeness (QED) is 0.862. The molecule has 1 aromatic heterocycles. The summed E-state index contributed by atoms with van der Waals surface area (Å²) < 4.78 is 5.91. The first-order valence-corrected chi connectivity index (χ1v) is 8.19. The number of nitrogens with one attached hydrogen (secondary N) is 1. The molecule has 1 unspecified atom stereocenters. The molecule has 3 heteroatoms. The molecule has 3 rings (SSSR count). The zero-order valence-corrected chi connectivity index (χ0v) is 13.1. The summed E-state index contributed by atoms with van der Waals surface area (Å²) in [5.74, 6) is 2.96. The zero-order valence-electron chi connectivity index (χ0n) is 13.1. The van der Waals surface area contributed by atoms with E-state index in [0.29, 0.717) is 0 Å². The van der Waals surface area contributed by atoms with Crippen LogP contribution in [0.25, 0.3) is 0 Å². The van der Waals surface area contributed by atoms with Crippen molar-refractivity contribution in [2.45, 2.75) is 71.6 Å². The molecule has 2 heterocycles. The van der Waals surface area contributed by atoms with E-state index in [1.807, 2.05) is 0 Å². The minimum absolute atomic E-state index is 0.743. The van der Waals surface area contributed by atoms with Gasteiger partial charge in [0.1, 0.15) is 11.5 Å². The molecule has 1 N–H and O–H groups in total. The van der Waals surface area contributed by atoms with Crippen LogP contribution in [0.4, 0.5) is 0 Å². The van der Waals surface area contributed by atoms with Crippen LogP contribution < -0.4 is 5.32 Å². The number of furan rings is 1. The third-order valence-corrected chi connectivity index (χ3v) is 4.77. The van der Waals surface area contributed by atoms with Crippen molar-refractivity contribution in [1.29, 1.82) is 0 Å². The molecule has 1 aliphatic heterocycles. The van der Waals surface area contributed by atoms with E-state index in [2.05, 4.69) is 37.1 Å². The number of hydrogen-bond donors (Lipinski definition) is 1. The van der Waals surface area contributed by atoms with Crippen molar-refractivity contribution in [3.05, 3.63) is 23.2 Å². The molecular formula is C17H28N2O. The van der Waals surface area contributed by atoms with E-state index in [-0.39, 0.29) is 0 Å². The highest BCUT2D eigenvalue weighted by Crippen LogP contribution is 2.27.